The highest BCUT2D eigenvalue weighted by atomic mass is 35.5. The van der Waals surface area contributed by atoms with Gasteiger partial charge < -0.3 is 5.32 Å². The summed E-state index contributed by atoms with van der Waals surface area (Å²) in [6.07, 6.45) is 1.93. The van der Waals surface area contributed by atoms with Gasteiger partial charge in [-0.15, -0.1) is 0 Å². The van der Waals surface area contributed by atoms with Gasteiger partial charge in [0.05, 0.1) is 0 Å². The molecule has 0 heterocycles. The second-order valence-electron chi connectivity index (χ2n) is 3.69. The Morgan fingerprint density at radius 3 is 2.87 bits per heavy atom. The summed E-state index contributed by atoms with van der Waals surface area (Å²) in [5.74, 6) is 0.105. The van der Waals surface area contributed by atoms with E-state index in [0.29, 0.717) is 5.02 Å². The van der Waals surface area contributed by atoms with E-state index in [9.17, 15) is 4.79 Å². The molecule has 0 radical (unpaired) electrons. The van der Waals surface area contributed by atoms with Crippen LogP contribution in [0.25, 0.3) is 0 Å². The first-order valence-electron chi connectivity index (χ1n) is 5.20. The molecule has 0 saturated heterocycles. The van der Waals surface area contributed by atoms with Crippen molar-refractivity contribution in [2.24, 2.45) is 5.92 Å². The molecular weight excluding hydrogens is 210 g/mol. The highest BCUT2D eigenvalue weighted by Crippen LogP contribution is 2.16. The van der Waals surface area contributed by atoms with E-state index in [4.69, 9.17) is 11.6 Å². The molecular formula is C12H16ClNO. The zero-order chi connectivity index (χ0) is 11.3. The molecule has 0 unspecified atom stereocenters. The number of carbonyl (C=O) groups excluding carboxylic acids is 1. The van der Waals surface area contributed by atoms with E-state index >= 15 is 0 Å². The highest BCUT2D eigenvalue weighted by molar-refractivity contribution is 6.30. The van der Waals surface area contributed by atoms with Gasteiger partial charge in [0.2, 0.25) is 5.91 Å². The van der Waals surface area contributed by atoms with Crippen LogP contribution >= 0.6 is 11.6 Å². The fourth-order valence-electron chi connectivity index (χ4n) is 1.40. The molecule has 1 amide bonds. The van der Waals surface area contributed by atoms with Gasteiger partial charge in [-0.05, 0) is 24.6 Å². The van der Waals surface area contributed by atoms with E-state index in [1.54, 1.807) is 12.1 Å². The molecule has 1 N–H and O–H groups in total. The summed E-state index contributed by atoms with van der Waals surface area (Å²) >= 11 is 5.82. The number of hydrogen-bond donors (Lipinski definition) is 1. The molecule has 82 valence electrons. The molecule has 0 aliphatic carbocycles. The second kappa shape index (κ2) is 5.76. The molecule has 15 heavy (non-hydrogen) atoms. The monoisotopic (exact) mass is 225 g/mol. The van der Waals surface area contributed by atoms with E-state index < -0.39 is 0 Å². The third-order valence-corrected chi connectivity index (χ3v) is 2.50. The van der Waals surface area contributed by atoms with Crippen LogP contribution < -0.4 is 5.32 Å². The lowest BCUT2D eigenvalue weighted by molar-refractivity contribution is -0.119. The summed E-state index contributed by atoms with van der Waals surface area (Å²) in [7, 11) is 0. The molecule has 1 aromatic rings. The lowest BCUT2D eigenvalue weighted by Gasteiger charge is -2.10. The standard InChI is InChI=1S/C12H16ClNO/c1-3-5-9(2)12(15)14-11-7-4-6-10(13)8-11/h4,6-9H,3,5H2,1-2H3,(H,14,15)/t9-/m0/s1. The van der Waals surface area contributed by atoms with Gasteiger partial charge in [-0.2, -0.15) is 0 Å². The van der Waals surface area contributed by atoms with Crippen molar-refractivity contribution in [2.75, 3.05) is 5.32 Å². The zero-order valence-electron chi connectivity index (χ0n) is 9.09. The Hall–Kier alpha value is -1.02. The predicted octanol–water partition coefficient (Wildman–Crippen LogP) is 3.71. The van der Waals surface area contributed by atoms with Crippen molar-refractivity contribution >= 4 is 23.2 Å². The molecule has 1 rings (SSSR count). The minimum absolute atomic E-state index is 0.0500. The van der Waals surface area contributed by atoms with E-state index in [1.165, 1.54) is 0 Å². The van der Waals surface area contributed by atoms with Crippen LogP contribution in [0.3, 0.4) is 0 Å². The van der Waals surface area contributed by atoms with Crippen LogP contribution in [0.5, 0.6) is 0 Å². The van der Waals surface area contributed by atoms with E-state index in [-0.39, 0.29) is 11.8 Å². The topological polar surface area (TPSA) is 29.1 Å². The Labute approximate surface area is 95.6 Å². The number of carbonyl (C=O) groups is 1. The third kappa shape index (κ3) is 3.92. The summed E-state index contributed by atoms with van der Waals surface area (Å²) in [6, 6.07) is 7.19. The molecule has 3 heteroatoms. The van der Waals surface area contributed by atoms with Crippen molar-refractivity contribution < 1.29 is 4.79 Å². The first-order valence-corrected chi connectivity index (χ1v) is 5.57. The molecule has 0 aromatic heterocycles. The molecule has 0 aliphatic rings. The first-order chi connectivity index (χ1) is 7.13. The van der Waals surface area contributed by atoms with Gasteiger partial charge >= 0.3 is 0 Å². The number of amides is 1. The number of rotatable bonds is 4. The molecule has 1 atom stereocenters. The van der Waals surface area contributed by atoms with Crippen molar-refractivity contribution in [1.29, 1.82) is 0 Å². The van der Waals surface area contributed by atoms with Crippen LogP contribution in [0.2, 0.25) is 5.02 Å². The molecule has 0 fully saturated rings. The predicted molar refractivity (Wildman–Crippen MR) is 64.2 cm³/mol. The minimum Gasteiger partial charge on any atom is -0.326 e. The molecule has 0 bridgehead atoms. The Kier molecular flexibility index (Phi) is 4.63. The molecule has 0 saturated carbocycles. The second-order valence-corrected chi connectivity index (χ2v) is 4.13. The molecule has 0 aliphatic heterocycles. The van der Waals surface area contributed by atoms with Gasteiger partial charge in [-0.3, -0.25) is 4.79 Å². The van der Waals surface area contributed by atoms with Gasteiger partial charge in [-0.25, -0.2) is 0 Å². The maximum Gasteiger partial charge on any atom is 0.227 e. The number of anilines is 1. The zero-order valence-corrected chi connectivity index (χ0v) is 9.84. The maximum atomic E-state index is 11.7. The van der Waals surface area contributed by atoms with Crippen LogP contribution in [0, 0.1) is 5.92 Å². The van der Waals surface area contributed by atoms with Crippen molar-refractivity contribution in [3.63, 3.8) is 0 Å². The van der Waals surface area contributed by atoms with Crippen LogP contribution in [-0.4, -0.2) is 5.91 Å². The fourth-order valence-corrected chi connectivity index (χ4v) is 1.59. The summed E-state index contributed by atoms with van der Waals surface area (Å²) in [5, 5.41) is 3.48. The lowest BCUT2D eigenvalue weighted by Crippen LogP contribution is -2.20. The summed E-state index contributed by atoms with van der Waals surface area (Å²) < 4.78 is 0. The van der Waals surface area contributed by atoms with Crippen molar-refractivity contribution in [1.82, 2.24) is 0 Å². The number of hydrogen-bond acceptors (Lipinski definition) is 1. The minimum atomic E-state index is 0.0500. The van der Waals surface area contributed by atoms with Crippen LogP contribution in [0.4, 0.5) is 5.69 Å². The van der Waals surface area contributed by atoms with Crippen LogP contribution in [0.15, 0.2) is 24.3 Å². The van der Waals surface area contributed by atoms with Crippen molar-refractivity contribution in [3.8, 4) is 0 Å². The quantitative estimate of drug-likeness (QED) is 0.832. The van der Waals surface area contributed by atoms with Gasteiger partial charge in [0.25, 0.3) is 0 Å². The Morgan fingerprint density at radius 2 is 2.27 bits per heavy atom. The summed E-state index contributed by atoms with van der Waals surface area (Å²) in [4.78, 5) is 11.7. The molecule has 0 spiro atoms. The number of benzene rings is 1. The number of halogens is 1. The number of nitrogens with one attached hydrogen (secondary N) is 1. The van der Waals surface area contributed by atoms with E-state index in [0.717, 1.165) is 18.5 Å². The fraction of sp³-hybridized carbons (Fsp3) is 0.417. The van der Waals surface area contributed by atoms with Crippen molar-refractivity contribution in [3.05, 3.63) is 29.3 Å². The van der Waals surface area contributed by atoms with Gasteiger partial charge in [0.15, 0.2) is 0 Å². The smallest absolute Gasteiger partial charge is 0.227 e. The first kappa shape index (κ1) is 12.1. The Morgan fingerprint density at radius 1 is 1.53 bits per heavy atom. The lowest BCUT2D eigenvalue weighted by atomic mass is 10.1. The van der Waals surface area contributed by atoms with E-state index in [2.05, 4.69) is 12.2 Å². The maximum absolute atomic E-state index is 11.7. The SMILES string of the molecule is CCC[C@H](C)C(=O)Nc1cccc(Cl)c1. The summed E-state index contributed by atoms with van der Waals surface area (Å²) in [6.45, 7) is 4.01. The summed E-state index contributed by atoms with van der Waals surface area (Å²) in [5.41, 5.74) is 0.760. The largest absolute Gasteiger partial charge is 0.326 e. The average Bonchev–Trinajstić information content (AvgIpc) is 2.18. The van der Waals surface area contributed by atoms with Gasteiger partial charge in [-0.1, -0.05) is 37.9 Å². The highest BCUT2D eigenvalue weighted by Gasteiger charge is 2.11. The van der Waals surface area contributed by atoms with Crippen LogP contribution in [-0.2, 0) is 4.79 Å². The Balaban J connectivity index is 2.58. The van der Waals surface area contributed by atoms with E-state index in [1.807, 2.05) is 19.1 Å². The normalized spacial score (nSPS) is 12.2. The molecule has 1 aromatic carbocycles. The van der Waals surface area contributed by atoms with Crippen LogP contribution in [0.1, 0.15) is 26.7 Å². The van der Waals surface area contributed by atoms with Gasteiger partial charge in [0.1, 0.15) is 0 Å². The Bertz CT molecular complexity index is 338. The molecule has 2 nitrogen and oxygen atoms in total. The third-order valence-electron chi connectivity index (χ3n) is 2.26. The average molecular weight is 226 g/mol. The van der Waals surface area contributed by atoms with Gasteiger partial charge in [0, 0.05) is 16.6 Å². The van der Waals surface area contributed by atoms with Crippen molar-refractivity contribution in [2.45, 2.75) is 26.7 Å².